The van der Waals surface area contributed by atoms with E-state index in [2.05, 4.69) is 10.2 Å². The smallest absolute Gasteiger partial charge is 0.253 e. The Labute approximate surface area is 127 Å². The van der Waals surface area contributed by atoms with Gasteiger partial charge in [-0.15, -0.1) is 0 Å². The standard InChI is InChI=1S/C17H25N3O/c1-19(2)17(21)13-5-7-14(8-6-13)18-15-9-11-20-10-3-4-16(20)12-15/h5-8,15-16,18H,3-4,9-12H2,1-2H3. The zero-order chi connectivity index (χ0) is 14.8. The van der Waals surface area contributed by atoms with Gasteiger partial charge in [-0.2, -0.15) is 0 Å². The minimum atomic E-state index is 0.0563. The molecule has 0 spiro atoms. The molecule has 0 bridgehead atoms. The Morgan fingerprint density at radius 3 is 2.67 bits per heavy atom. The van der Waals surface area contributed by atoms with E-state index >= 15 is 0 Å². The van der Waals surface area contributed by atoms with Crippen molar-refractivity contribution in [2.75, 3.05) is 32.5 Å². The lowest BCUT2D eigenvalue weighted by atomic mass is 9.97. The van der Waals surface area contributed by atoms with Gasteiger partial charge in [0, 0.05) is 44.0 Å². The van der Waals surface area contributed by atoms with Crippen LogP contribution in [0.1, 0.15) is 36.0 Å². The molecule has 2 heterocycles. The lowest BCUT2D eigenvalue weighted by Crippen LogP contribution is -2.42. The number of nitrogens with one attached hydrogen (secondary N) is 1. The number of fused-ring (bicyclic) bond motifs is 1. The predicted molar refractivity (Wildman–Crippen MR) is 85.7 cm³/mol. The fourth-order valence-electron chi connectivity index (χ4n) is 3.56. The summed E-state index contributed by atoms with van der Waals surface area (Å²) >= 11 is 0. The molecule has 2 aliphatic heterocycles. The van der Waals surface area contributed by atoms with Crippen LogP contribution >= 0.6 is 0 Å². The number of hydrogen-bond acceptors (Lipinski definition) is 3. The van der Waals surface area contributed by atoms with Crippen molar-refractivity contribution in [2.24, 2.45) is 0 Å². The fourth-order valence-corrected chi connectivity index (χ4v) is 3.56. The van der Waals surface area contributed by atoms with Gasteiger partial charge >= 0.3 is 0 Å². The molecule has 4 heteroatoms. The second-order valence-electron chi connectivity index (χ2n) is 6.47. The molecular formula is C17H25N3O. The first kappa shape index (κ1) is 14.4. The van der Waals surface area contributed by atoms with Crippen molar-refractivity contribution < 1.29 is 4.79 Å². The van der Waals surface area contributed by atoms with E-state index in [0.29, 0.717) is 6.04 Å². The number of carbonyl (C=O) groups is 1. The van der Waals surface area contributed by atoms with E-state index in [-0.39, 0.29) is 5.91 Å². The number of hydrogen-bond donors (Lipinski definition) is 1. The molecule has 2 atom stereocenters. The summed E-state index contributed by atoms with van der Waals surface area (Å²) in [6.07, 6.45) is 5.18. The quantitative estimate of drug-likeness (QED) is 0.927. The molecular weight excluding hydrogens is 262 g/mol. The van der Waals surface area contributed by atoms with Crippen LogP contribution in [0.25, 0.3) is 0 Å². The number of rotatable bonds is 3. The normalized spacial score (nSPS) is 25.4. The molecule has 4 nitrogen and oxygen atoms in total. The summed E-state index contributed by atoms with van der Waals surface area (Å²) in [5.74, 6) is 0.0563. The Kier molecular flexibility index (Phi) is 4.15. The van der Waals surface area contributed by atoms with Crippen LogP contribution in [-0.2, 0) is 0 Å². The monoisotopic (exact) mass is 287 g/mol. The SMILES string of the molecule is CN(C)C(=O)c1ccc(NC2CCN3CCCC3C2)cc1. The number of anilines is 1. The first-order valence-electron chi connectivity index (χ1n) is 7.96. The van der Waals surface area contributed by atoms with Crippen LogP contribution in [-0.4, -0.2) is 55.0 Å². The Morgan fingerprint density at radius 2 is 1.95 bits per heavy atom. The topological polar surface area (TPSA) is 35.6 Å². The van der Waals surface area contributed by atoms with Crippen molar-refractivity contribution in [3.63, 3.8) is 0 Å². The molecule has 0 aromatic heterocycles. The lowest BCUT2D eigenvalue weighted by molar-refractivity contribution is 0.0827. The number of piperidine rings is 1. The highest BCUT2D eigenvalue weighted by molar-refractivity contribution is 5.94. The highest BCUT2D eigenvalue weighted by atomic mass is 16.2. The van der Waals surface area contributed by atoms with Crippen LogP contribution in [0.5, 0.6) is 0 Å². The largest absolute Gasteiger partial charge is 0.382 e. The lowest BCUT2D eigenvalue weighted by Gasteiger charge is -2.35. The molecule has 0 radical (unpaired) electrons. The van der Waals surface area contributed by atoms with Gasteiger partial charge in [0.25, 0.3) is 5.91 Å². The summed E-state index contributed by atoms with van der Waals surface area (Å²) in [4.78, 5) is 16.1. The van der Waals surface area contributed by atoms with Crippen molar-refractivity contribution in [3.8, 4) is 0 Å². The van der Waals surface area contributed by atoms with Crippen molar-refractivity contribution in [1.82, 2.24) is 9.80 Å². The number of amides is 1. The van der Waals surface area contributed by atoms with Gasteiger partial charge in [0.2, 0.25) is 0 Å². The van der Waals surface area contributed by atoms with Gasteiger partial charge in [-0.25, -0.2) is 0 Å². The minimum Gasteiger partial charge on any atom is -0.382 e. The molecule has 0 aliphatic carbocycles. The van der Waals surface area contributed by atoms with E-state index < -0.39 is 0 Å². The molecule has 2 unspecified atom stereocenters. The maximum Gasteiger partial charge on any atom is 0.253 e. The van der Waals surface area contributed by atoms with E-state index in [1.807, 2.05) is 24.3 Å². The fraction of sp³-hybridized carbons (Fsp3) is 0.588. The molecule has 21 heavy (non-hydrogen) atoms. The third-order valence-electron chi connectivity index (χ3n) is 4.73. The van der Waals surface area contributed by atoms with Gasteiger partial charge in [0.15, 0.2) is 0 Å². The molecule has 114 valence electrons. The van der Waals surface area contributed by atoms with E-state index in [4.69, 9.17) is 0 Å². The maximum absolute atomic E-state index is 11.9. The molecule has 2 fully saturated rings. The highest BCUT2D eigenvalue weighted by Crippen LogP contribution is 2.28. The first-order chi connectivity index (χ1) is 10.1. The zero-order valence-electron chi connectivity index (χ0n) is 13.0. The molecule has 1 aromatic carbocycles. The van der Waals surface area contributed by atoms with Crippen molar-refractivity contribution in [3.05, 3.63) is 29.8 Å². The third kappa shape index (κ3) is 3.21. The molecule has 1 aromatic rings. The third-order valence-corrected chi connectivity index (χ3v) is 4.73. The van der Waals surface area contributed by atoms with Crippen molar-refractivity contribution in [1.29, 1.82) is 0 Å². The molecule has 3 rings (SSSR count). The maximum atomic E-state index is 11.9. The van der Waals surface area contributed by atoms with Crippen LogP contribution in [0.3, 0.4) is 0 Å². The van der Waals surface area contributed by atoms with E-state index in [1.165, 1.54) is 38.8 Å². The molecule has 2 saturated heterocycles. The van der Waals surface area contributed by atoms with Gasteiger partial charge in [0.05, 0.1) is 0 Å². The Hall–Kier alpha value is -1.55. The number of nitrogens with zero attached hydrogens (tertiary/aromatic N) is 2. The minimum absolute atomic E-state index is 0.0563. The number of benzene rings is 1. The van der Waals surface area contributed by atoms with Gasteiger partial charge in [-0.3, -0.25) is 4.79 Å². The van der Waals surface area contributed by atoms with Crippen molar-refractivity contribution >= 4 is 11.6 Å². The van der Waals surface area contributed by atoms with Crippen molar-refractivity contribution in [2.45, 2.75) is 37.8 Å². The van der Waals surface area contributed by atoms with Gasteiger partial charge < -0.3 is 15.1 Å². The molecule has 0 saturated carbocycles. The average molecular weight is 287 g/mol. The van der Waals surface area contributed by atoms with Crippen LogP contribution in [0, 0.1) is 0 Å². The molecule has 1 amide bonds. The van der Waals surface area contributed by atoms with Gasteiger partial charge in [-0.1, -0.05) is 0 Å². The summed E-state index contributed by atoms with van der Waals surface area (Å²) < 4.78 is 0. The first-order valence-corrected chi connectivity index (χ1v) is 7.96. The van der Waals surface area contributed by atoms with E-state index in [9.17, 15) is 4.79 Å². The van der Waals surface area contributed by atoms with Crippen LogP contribution in [0.2, 0.25) is 0 Å². The van der Waals surface area contributed by atoms with Gasteiger partial charge in [0.1, 0.15) is 0 Å². The summed E-state index contributed by atoms with van der Waals surface area (Å²) in [6, 6.07) is 9.23. The highest BCUT2D eigenvalue weighted by Gasteiger charge is 2.31. The number of carbonyl (C=O) groups excluding carboxylic acids is 1. The molecule has 2 aliphatic rings. The summed E-state index contributed by atoms with van der Waals surface area (Å²) in [7, 11) is 3.56. The molecule has 1 N–H and O–H groups in total. The van der Waals surface area contributed by atoms with Crippen LogP contribution in [0.15, 0.2) is 24.3 Å². The Balaban J connectivity index is 1.59. The summed E-state index contributed by atoms with van der Waals surface area (Å²) in [5.41, 5.74) is 1.87. The Morgan fingerprint density at radius 1 is 1.19 bits per heavy atom. The van der Waals surface area contributed by atoms with Gasteiger partial charge in [-0.05, 0) is 56.5 Å². The van der Waals surface area contributed by atoms with Crippen LogP contribution < -0.4 is 5.32 Å². The second kappa shape index (κ2) is 6.06. The summed E-state index contributed by atoms with van der Waals surface area (Å²) in [5, 5.41) is 3.64. The average Bonchev–Trinajstić information content (AvgIpc) is 2.95. The van der Waals surface area contributed by atoms with E-state index in [1.54, 1.807) is 19.0 Å². The summed E-state index contributed by atoms with van der Waals surface area (Å²) in [6.45, 7) is 2.51. The zero-order valence-corrected chi connectivity index (χ0v) is 13.0. The second-order valence-corrected chi connectivity index (χ2v) is 6.47. The predicted octanol–water partition coefficient (Wildman–Crippen LogP) is 2.43. The Bertz CT molecular complexity index is 497. The van der Waals surface area contributed by atoms with Crippen LogP contribution in [0.4, 0.5) is 5.69 Å². The van der Waals surface area contributed by atoms with E-state index in [0.717, 1.165) is 17.3 Å².